The van der Waals surface area contributed by atoms with Crippen LogP contribution in [0.25, 0.3) is 10.9 Å². The van der Waals surface area contributed by atoms with Gasteiger partial charge in [-0.2, -0.15) is 0 Å². The summed E-state index contributed by atoms with van der Waals surface area (Å²) in [5.74, 6) is -1.04. The number of hydrogen-bond donors (Lipinski definition) is 1. The second-order valence-corrected chi connectivity index (χ2v) is 6.73. The van der Waals surface area contributed by atoms with E-state index in [1.54, 1.807) is 19.1 Å². The topological polar surface area (TPSA) is 68.3 Å². The molecule has 6 heteroatoms. The fraction of sp³-hybridized carbons (Fsp3) is 0.190. The first-order chi connectivity index (χ1) is 12.9. The molecule has 2 aromatic carbocycles. The van der Waals surface area contributed by atoms with Crippen molar-refractivity contribution < 1.29 is 14.3 Å². The molecule has 1 amide bonds. The summed E-state index contributed by atoms with van der Waals surface area (Å²) in [6, 6.07) is 12.9. The number of rotatable bonds is 4. The van der Waals surface area contributed by atoms with Gasteiger partial charge in [-0.15, -0.1) is 0 Å². The second-order valence-electron chi connectivity index (χ2n) is 6.32. The van der Waals surface area contributed by atoms with E-state index >= 15 is 0 Å². The van der Waals surface area contributed by atoms with Gasteiger partial charge >= 0.3 is 5.97 Å². The zero-order valence-corrected chi connectivity index (χ0v) is 16.1. The van der Waals surface area contributed by atoms with Crippen LogP contribution < -0.4 is 5.32 Å². The van der Waals surface area contributed by atoms with Crippen molar-refractivity contribution in [1.29, 1.82) is 0 Å². The van der Waals surface area contributed by atoms with Crippen molar-refractivity contribution >= 4 is 40.1 Å². The number of nitrogens with one attached hydrogen (secondary N) is 1. The first kappa shape index (κ1) is 18.9. The Morgan fingerprint density at radius 3 is 2.59 bits per heavy atom. The molecule has 0 aliphatic heterocycles. The number of aryl methyl sites for hydroxylation is 3. The SMILES string of the molecule is Cc1ccc(NC(=O)COC(=O)c2c(C)nc3ccccc3c2C)c(Cl)c1. The zero-order valence-electron chi connectivity index (χ0n) is 15.3. The summed E-state index contributed by atoms with van der Waals surface area (Å²) >= 11 is 6.10. The van der Waals surface area contributed by atoms with Gasteiger partial charge in [0.2, 0.25) is 0 Å². The number of ether oxygens (including phenoxy) is 1. The predicted molar refractivity (Wildman–Crippen MR) is 106 cm³/mol. The highest BCUT2D eigenvalue weighted by atomic mass is 35.5. The van der Waals surface area contributed by atoms with Crippen molar-refractivity contribution in [3.63, 3.8) is 0 Å². The Kier molecular flexibility index (Phi) is 5.42. The summed E-state index contributed by atoms with van der Waals surface area (Å²) in [6.07, 6.45) is 0. The van der Waals surface area contributed by atoms with E-state index in [0.717, 1.165) is 22.0 Å². The molecule has 0 unspecified atom stereocenters. The molecular formula is C21H19ClN2O3. The molecule has 1 aromatic heterocycles. The highest BCUT2D eigenvalue weighted by Crippen LogP contribution is 2.24. The lowest BCUT2D eigenvalue weighted by molar-refractivity contribution is -0.119. The fourth-order valence-corrected chi connectivity index (χ4v) is 3.23. The van der Waals surface area contributed by atoms with Crippen molar-refractivity contribution in [2.24, 2.45) is 0 Å². The minimum absolute atomic E-state index is 0.384. The standard InChI is InChI=1S/C21H19ClN2O3/c1-12-8-9-18(16(22)10-12)24-19(25)11-27-21(26)20-13(2)15-6-4-5-7-17(15)23-14(20)3/h4-10H,11H2,1-3H3,(H,24,25). The monoisotopic (exact) mass is 382 g/mol. The molecule has 0 aliphatic rings. The molecule has 3 rings (SSSR count). The Hall–Kier alpha value is -2.92. The summed E-state index contributed by atoms with van der Waals surface area (Å²) in [7, 11) is 0. The lowest BCUT2D eigenvalue weighted by atomic mass is 10.0. The van der Waals surface area contributed by atoms with Crippen LogP contribution in [0.3, 0.4) is 0 Å². The minimum Gasteiger partial charge on any atom is -0.452 e. The van der Waals surface area contributed by atoms with Gasteiger partial charge in [0.15, 0.2) is 6.61 Å². The van der Waals surface area contributed by atoms with Crippen molar-refractivity contribution in [2.75, 3.05) is 11.9 Å². The van der Waals surface area contributed by atoms with Crippen molar-refractivity contribution in [2.45, 2.75) is 20.8 Å². The minimum atomic E-state index is -0.576. The van der Waals surface area contributed by atoms with E-state index < -0.39 is 18.5 Å². The number of carbonyl (C=O) groups is 2. The summed E-state index contributed by atoms with van der Waals surface area (Å²) in [4.78, 5) is 29.1. The maximum absolute atomic E-state index is 12.5. The number of esters is 1. The van der Waals surface area contributed by atoms with E-state index in [1.807, 2.05) is 44.2 Å². The van der Waals surface area contributed by atoms with E-state index in [9.17, 15) is 9.59 Å². The Labute approximate surface area is 162 Å². The molecule has 138 valence electrons. The van der Waals surface area contributed by atoms with E-state index in [4.69, 9.17) is 16.3 Å². The number of para-hydroxylation sites is 1. The molecule has 0 radical (unpaired) electrons. The second kappa shape index (κ2) is 7.76. The lowest BCUT2D eigenvalue weighted by Crippen LogP contribution is -2.22. The summed E-state index contributed by atoms with van der Waals surface area (Å²) in [6.45, 7) is 5.10. The van der Waals surface area contributed by atoms with E-state index in [-0.39, 0.29) is 0 Å². The summed E-state index contributed by atoms with van der Waals surface area (Å²) in [5, 5.41) is 3.95. The number of nitrogens with zero attached hydrogens (tertiary/aromatic N) is 1. The first-order valence-electron chi connectivity index (χ1n) is 8.46. The van der Waals surface area contributed by atoms with Crippen LogP contribution in [0, 0.1) is 20.8 Å². The van der Waals surface area contributed by atoms with E-state index in [2.05, 4.69) is 10.3 Å². The number of aromatic nitrogens is 1. The average Bonchev–Trinajstić information content (AvgIpc) is 2.62. The van der Waals surface area contributed by atoms with Crippen LogP contribution in [0.1, 0.15) is 27.2 Å². The van der Waals surface area contributed by atoms with Gasteiger partial charge in [-0.05, 0) is 50.1 Å². The number of anilines is 1. The van der Waals surface area contributed by atoms with Gasteiger partial charge in [0.25, 0.3) is 5.91 Å². The highest BCUT2D eigenvalue weighted by molar-refractivity contribution is 6.33. The number of halogens is 1. The lowest BCUT2D eigenvalue weighted by Gasteiger charge is -2.12. The summed E-state index contributed by atoms with van der Waals surface area (Å²) < 4.78 is 5.20. The fourth-order valence-electron chi connectivity index (χ4n) is 2.94. The van der Waals surface area contributed by atoms with Crippen LogP contribution in [0.4, 0.5) is 5.69 Å². The molecule has 3 aromatic rings. The Bertz CT molecular complexity index is 1050. The molecule has 27 heavy (non-hydrogen) atoms. The van der Waals surface area contributed by atoms with Crippen LogP contribution in [-0.2, 0) is 9.53 Å². The number of hydrogen-bond acceptors (Lipinski definition) is 4. The Morgan fingerprint density at radius 1 is 1.11 bits per heavy atom. The molecule has 0 saturated heterocycles. The molecule has 5 nitrogen and oxygen atoms in total. The van der Waals surface area contributed by atoms with Crippen LogP contribution in [0.15, 0.2) is 42.5 Å². The molecule has 0 atom stereocenters. The van der Waals surface area contributed by atoms with Gasteiger partial charge in [0.05, 0.1) is 27.5 Å². The molecule has 0 saturated carbocycles. The highest BCUT2D eigenvalue weighted by Gasteiger charge is 2.19. The predicted octanol–water partition coefficient (Wildman–Crippen LogP) is 4.61. The van der Waals surface area contributed by atoms with Crippen LogP contribution >= 0.6 is 11.6 Å². The molecule has 1 heterocycles. The Balaban J connectivity index is 1.72. The largest absolute Gasteiger partial charge is 0.452 e. The van der Waals surface area contributed by atoms with Gasteiger partial charge in [-0.3, -0.25) is 9.78 Å². The van der Waals surface area contributed by atoms with E-state index in [1.165, 1.54) is 0 Å². The third-order valence-corrected chi connectivity index (χ3v) is 4.58. The maximum atomic E-state index is 12.5. The first-order valence-corrected chi connectivity index (χ1v) is 8.83. The van der Waals surface area contributed by atoms with Gasteiger partial charge in [-0.25, -0.2) is 4.79 Å². The Morgan fingerprint density at radius 2 is 1.85 bits per heavy atom. The van der Waals surface area contributed by atoms with Crippen molar-refractivity contribution in [3.8, 4) is 0 Å². The van der Waals surface area contributed by atoms with Gasteiger partial charge in [0, 0.05) is 5.39 Å². The maximum Gasteiger partial charge on any atom is 0.340 e. The molecule has 1 N–H and O–H groups in total. The van der Waals surface area contributed by atoms with Gasteiger partial charge < -0.3 is 10.1 Å². The molecule has 0 spiro atoms. The smallest absolute Gasteiger partial charge is 0.340 e. The van der Waals surface area contributed by atoms with Crippen LogP contribution in [0.5, 0.6) is 0 Å². The third-order valence-electron chi connectivity index (χ3n) is 4.27. The third kappa shape index (κ3) is 4.09. The number of carbonyl (C=O) groups excluding carboxylic acids is 2. The average molecular weight is 383 g/mol. The molecule has 0 aliphatic carbocycles. The molecule has 0 fully saturated rings. The number of pyridine rings is 1. The normalized spacial score (nSPS) is 10.7. The number of amides is 1. The van der Waals surface area contributed by atoms with Gasteiger partial charge in [-0.1, -0.05) is 35.9 Å². The van der Waals surface area contributed by atoms with Crippen LogP contribution in [0.2, 0.25) is 5.02 Å². The molecule has 0 bridgehead atoms. The summed E-state index contributed by atoms with van der Waals surface area (Å²) in [5.41, 5.74) is 4.01. The van der Waals surface area contributed by atoms with Crippen LogP contribution in [-0.4, -0.2) is 23.5 Å². The quantitative estimate of drug-likeness (QED) is 0.669. The van der Waals surface area contributed by atoms with Crippen molar-refractivity contribution in [1.82, 2.24) is 4.98 Å². The van der Waals surface area contributed by atoms with E-state index in [0.29, 0.717) is 22.0 Å². The zero-order chi connectivity index (χ0) is 19.6. The molecular weight excluding hydrogens is 364 g/mol. The van der Waals surface area contributed by atoms with Gasteiger partial charge in [0.1, 0.15) is 0 Å². The van der Waals surface area contributed by atoms with Crippen molar-refractivity contribution in [3.05, 3.63) is 69.9 Å². The number of benzene rings is 2. The number of fused-ring (bicyclic) bond motifs is 1.